The predicted octanol–water partition coefficient (Wildman–Crippen LogP) is 2.48. The molecule has 1 aromatic rings. The van der Waals surface area contributed by atoms with Gasteiger partial charge in [-0.2, -0.15) is 0 Å². The van der Waals surface area contributed by atoms with Crippen molar-refractivity contribution in [2.75, 3.05) is 13.2 Å². The second-order valence-electron chi connectivity index (χ2n) is 4.56. The van der Waals surface area contributed by atoms with E-state index in [0.29, 0.717) is 19.6 Å². The Kier molecular flexibility index (Phi) is 4.20. The lowest BCUT2D eigenvalue weighted by molar-refractivity contribution is -0.143. The van der Waals surface area contributed by atoms with Crippen molar-refractivity contribution in [3.63, 3.8) is 0 Å². The molecule has 1 aliphatic heterocycles. The van der Waals surface area contributed by atoms with Gasteiger partial charge in [0.05, 0.1) is 13.2 Å². The Balaban J connectivity index is 1.53. The van der Waals surface area contributed by atoms with E-state index in [1.165, 1.54) is 0 Å². The standard InChI is InChI=1S/C14H18O4/c15-13(16)14(11-18-14)9-5-2-6-10-17-12-7-3-1-4-8-12/h1,3-4,7-8H,2,5-6,9-11H2,(H,15,16)/t14-/m1/s1. The number of carboxylic acid groups (broad SMARTS) is 1. The molecule has 0 unspecified atom stereocenters. The van der Waals surface area contributed by atoms with Crippen LogP contribution < -0.4 is 4.74 Å². The number of benzene rings is 1. The fraction of sp³-hybridized carbons (Fsp3) is 0.500. The first-order valence-electron chi connectivity index (χ1n) is 6.28. The molecule has 98 valence electrons. The Morgan fingerprint density at radius 2 is 2.00 bits per heavy atom. The van der Waals surface area contributed by atoms with Crippen LogP contribution in [0.15, 0.2) is 30.3 Å². The van der Waals surface area contributed by atoms with Crippen molar-refractivity contribution in [2.24, 2.45) is 0 Å². The highest BCUT2D eigenvalue weighted by molar-refractivity contribution is 5.80. The van der Waals surface area contributed by atoms with Crippen LogP contribution >= 0.6 is 0 Å². The number of epoxide rings is 1. The first-order valence-corrected chi connectivity index (χ1v) is 6.28. The van der Waals surface area contributed by atoms with Gasteiger partial charge in [0.25, 0.3) is 0 Å². The zero-order valence-electron chi connectivity index (χ0n) is 10.3. The van der Waals surface area contributed by atoms with Gasteiger partial charge in [0.15, 0.2) is 5.60 Å². The van der Waals surface area contributed by atoms with Crippen LogP contribution in [0.25, 0.3) is 0 Å². The van der Waals surface area contributed by atoms with Crippen LogP contribution in [0.4, 0.5) is 0 Å². The highest BCUT2D eigenvalue weighted by atomic mass is 16.6. The molecule has 2 rings (SSSR count). The zero-order chi connectivity index (χ0) is 12.8. The molecule has 0 aliphatic carbocycles. The summed E-state index contributed by atoms with van der Waals surface area (Å²) in [5.74, 6) is 0.0491. The Morgan fingerprint density at radius 3 is 2.61 bits per heavy atom. The third-order valence-corrected chi connectivity index (χ3v) is 3.12. The maximum absolute atomic E-state index is 10.8. The van der Waals surface area contributed by atoms with Gasteiger partial charge in [0.2, 0.25) is 0 Å². The molecule has 1 N–H and O–H groups in total. The summed E-state index contributed by atoms with van der Waals surface area (Å²) in [5.41, 5.74) is -0.861. The summed E-state index contributed by atoms with van der Waals surface area (Å²) < 4.78 is 10.6. The summed E-state index contributed by atoms with van der Waals surface area (Å²) in [6.07, 6.45) is 3.37. The fourth-order valence-electron chi connectivity index (χ4n) is 1.86. The lowest BCUT2D eigenvalue weighted by Gasteiger charge is -2.07. The molecule has 0 bridgehead atoms. The Morgan fingerprint density at radius 1 is 1.28 bits per heavy atom. The smallest absolute Gasteiger partial charge is 0.338 e. The highest BCUT2D eigenvalue weighted by Gasteiger charge is 2.51. The van der Waals surface area contributed by atoms with Crippen LogP contribution in [0.3, 0.4) is 0 Å². The van der Waals surface area contributed by atoms with Gasteiger partial charge in [-0.1, -0.05) is 18.2 Å². The molecule has 1 aromatic carbocycles. The monoisotopic (exact) mass is 250 g/mol. The van der Waals surface area contributed by atoms with Crippen LogP contribution in [-0.4, -0.2) is 29.9 Å². The number of unbranched alkanes of at least 4 members (excludes halogenated alkanes) is 2. The van der Waals surface area contributed by atoms with E-state index in [1.54, 1.807) is 0 Å². The number of carboxylic acids is 1. The topological polar surface area (TPSA) is 59.1 Å². The predicted molar refractivity (Wildman–Crippen MR) is 66.7 cm³/mol. The molecule has 4 nitrogen and oxygen atoms in total. The average Bonchev–Trinajstić information content (AvgIpc) is 3.16. The molecule has 0 spiro atoms. The van der Waals surface area contributed by atoms with E-state index in [1.807, 2.05) is 30.3 Å². The number of carbonyl (C=O) groups is 1. The molecule has 0 amide bonds. The number of aliphatic carboxylic acids is 1. The molecule has 0 saturated carbocycles. The minimum absolute atomic E-state index is 0.364. The Labute approximate surface area is 107 Å². The molecule has 4 heteroatoms. The number of hydrogen-bond donors (Lipinski definition) is 1. The number of para-hydroxylation sites is 1. The minimum Gasteiger partial charge on any atom is -0.494 e. The Bertz CT molecular complexity index is 384. The van der Waals surface area contributed by atoms with Crippen molar-refractivity contribution in [2.45, 2.75) is 31.3 Å². The van der Waals surface area contributed by atoms with Gasteiger partial charge in [0, 0.05) is 0 Å². The fourth-order valence-corrected chi connectivity index (χ4v) is 1.86. The van der Waals surface area contributed by atoms with E-state index in [9.17, 15) is 4.79 Å². The van der Waals surface area contributed by atoms with Crippen molar-refractivity contribution in [1.82, 2.24) is 0 Å². The summed E-state index contributed by atoms with van der Waals surface area (Å²) in [7, 11) is 0. The van der Waals surface area contributed by atoms with E-state index in [2.05, 4.69) is 0 Å². The van der Waals surface area contributed by atoms with E-state index in [-0.39, 0.29) is 0 Å². The maximum Gasteiger partial charge on any atom is 0.338 e. The third kappa shape index (κ3) is 3.47. The van der Waals surface area contributed by atoms with E-state index < -0.39 is 11.6 Å². The second kappa shape index (κ2) is 5.87. The van der Waals surface area contributed by atoms with Crippen molar-refractivity contribution in [3.05, 3.63) is 30.3 Å². The van der Waals surface area contributed by atoms with Crippen molar-refractivity contribution < 1.29 is 19.4 Å². The van der Waals surface area contributed by atoms with Gasteiger partial charge in [-0.05, 0) is 37.8 Å². The summed E-state index contributed by atoms with van der Waals surface area (Å²) in [6, 6.07) is 9.69. The molecule has 1 atom stereocenters. The summed E-state index contributed by atoms with van der Waals surface area (Å²) >= 11 is 0. The molecule has 1 fully saturated rings. The molecule has 0 radical (unpaired) electrons. The average molecular weight is 250 g/mol. The Hall–Kier alpha value is -1.55. The second-order valence-corrected chi connectivity index (χ2v) is 4.56. The van der Waals surface area contributed by atoms with E-state index >= 15 is 0 Å². The number of ether oxygens (including phenoxy) is 2. The van der Waals surface area contributed by atoms with Crippen LogP contribution in [-0.2, 0) is 9.53 Å². The molecule has 18 heavy (non-hydrogen) atoms. The van der Waals surface area contributed by atoms with Gasteiger partial charge in [-0.3, -0.25) is 0 Å². The summed E-state index contributed by atoms with van der Waals surface area (Å²) in [6.45, 7) is 1.04. The third-order valence-electron chi connectivity index (χ3n) is 3.12. The van der Waals surface area contributed by atoms with E-state index in [4.69, 9.17) is 14.6 Å². The summed E-state index contributed by atoms with van der Waals surface area (Å²) in [5, 5.41) is 8.91. The molecule has 1 aliphatic rings. The first-order chi connectivity index (χ1) is 8.73. The van der Waals surface area contributed by atoms with Gasteiger partial charge in [-0.25, -0.2) is 4.79 Å². The number of rotatable bonds is 8. The molecule has 0 aromatic heterocycles. The molecule has 1 heterocycles. The summed E-state index contributed by atoms with van der Waals surface area (Å²) in [4.78, 5) is 10.8. The zero-order valence-corrected chi connectivity index (χ0v) is 10.3. The van der Waals surface area contributed by atoms with E-state index in [0.717, 1.165) is 25.0 Å². The molecule has 1 saturated heterocycles. The normalized spacial score (nSPS) is 21.6. The molecular formula is C14H18O4. The van der Waals surface area contributed by atoms with Crippen LogP contribution in [0.2, 0.25) is 0 Å². The van der Waals surface area contributed by atoms with Crippen LogP contribution in [0.5, 0.6) is 5.75 Å². The van der Waals surface area contributed by atoms with Gasteiger partial charge in [0.1, 0.15) is 5.75 Å². The van der Waals surface area contributed by atoms with Gasteiger partial charge in [-0.15, -0.1) is 0 Å². The first kappa shape index (κ1) is 12.9. The number of hydrogen-bond acceptors (Lipinski definition) is 3. The van der Waals surface area contributed by atoms with Crippen molar-refractivity contribution >= 4 is 5.97 Å². The highest BCUT2D eigenvalue weighted by Crippen LogP contribution is 2.33. The van der Waals surface area contributed by atoms with Gasteiger partial charge < -0.3 is 14.6 Å². The SMILES string of the molecule is O=C(O)[C@@]1(CCCCCOc2ccccc2)CO1. The lowest BCUT2D eigenvalue weighted by Crippen LogP contribution is -2.23. The maximum atomic E-state index is 10.8. The van der Waals surface area contributed by atoms with Crippen LogP contribution in [0.1, 0.15) is 25.7 Å². The van der Waals surface area contributed by atoms with Gasteiger partial charge >= 0.3 is 5.97 Å². The van der Waals surface area contributed by atoms with Crippen LogP contribution in [0, 0.1) is 0 Å². The van der Waals surface area contributed by atoms with Crippen molar-refractivity contribution in [1.29, 1.82) is 0 Å². The lowest BCUT2D eigenvalue weighted by atomic mass is 10.0. The largest absolute Gasteiger partial charge is 0.494 e. The molecular weight excluding hydrogens is 232 g/mol. The minimum atomic E-state index is -0.861. The van der Waals surface area contributed by atoms with Crippen molar-refractivity contribution in [3.8, 4) is 5.75 Å². The quantitative estimate of drug-likeness (QED) is 0.569.